The number of hydrogen-bond acceptors (Lipinski definition) is 4. The Morgan fingerprint density at radius 2 is 1.96 bits per heavy atom. The molecule has 5 nitrogen and oxygen atoms in total. The number of nitrogens with zero attached hydrogens (tertiary/aromatic N) is 2. The Hall–Kier alpha value is -3.39. The van der Waals surface area contributed by atoms with Crippen molar-refractivity contribution in [3.63, 3.8) is 0 Å². The summed E-state index contributed by atoms with van der Waals surface area (Å²) in [7, 11) is 0. The molecule has 23 heavy (non-hydrogen) atoms. The fourth-order valence-corrected chi connectivity index (χ4v) is 2.25. The van der Waals surface area contributed by atoms with Crippen LogP contribution in [0.5, 0.6) is 0 Å². The average Bonchev–Trinajstić information content (AvgIpc) is 2.93. The molecule has 1 aromatic heterocycles. The number of amides is 1. The van der Waals surface area contributed by atoms with Crippen molar-refractivity contribution in [2.75, 3.05) is 0 Å². The molecule has 0 aliphatic rings. The second kappa shape index (κ2) is 6.16. The van der Waals surface area contributed by atoms with Crippen molar-refractivity contribution in [2.45, 2.75) is 6.92 Å². The molecule has 0 saturated heterocycles. The van der Waals surface area contributed by atoms with Crippen LogP contribution in [0.2, 0.25) is 0 Å². The standard InChI is InChI=1S/C18H13N3O2/c1-12-15-4-2-3-5-16(15)23-17(12)18(22)21-20-11-14-8-6-13(10-19)7-9-14/h2-9,11H,1H3,(H,21,22)/b20-11-. The maximum absolute atomic E-state index is 12.2. The lowest BCUT2D eigenvalue weighted by atomic mass is 10.1. The van der Waals surface area contributed by atoms with E-state index in [0.29, 0.717) is 11.1 Å². The van der Waals surface area contributed by atoms with E-state index in [9.17, 15) is 4.79 Å². The highest BCUT2D eigenvalue weighted by molar-refractivity contribution is 5.99. The van der Waals surface area contributed by atoms with Gasteiger partial charge in [-0.1, -0.05) is 30.3 Å². The van der Waals surface area contributed by atoms with Crippen molar-refractivity contribution in [3.05, 3.63) is 71.0 Å². The molecule has 112 valence electrons. The molecule has 0 aliphatic heterocycles. The summed E-state index contributed by atoms with van der Waals surface area (Å²) in [4.78, 5) is 12.2. The Kier molecular flexibility index (Phi) is 3.89. The zero-order valence-electron chi connectivity index (χ0n) is 12.4. The van der Waals surface area contributed by atoms with Gasteiger partial charge in [-0.3, -0.25) is 4.79 Å². The van der Waals surface area contributed by atoms with Gasteiger partial charge in [-0.15, -0.1) is 0 Å². The Balaban J connectivity index is 1.74. The molecule has 2 aromatic carbocycles. The van der Waals surface area contributed by atoms with Crippen molar-refractivity contribution >= 4 is 23.1 Å². The number of hydrazone groups is 1. The highest BCUT2D eigenvalue weighted by atomic mass is 16.3. The summed E-state index contributed by atoms with van der Waals surface area (Å²) >= 11 is 0. The van der Waals surface area contributed by atoms with Crippen molar-refractivity contribution < 1.29 is 9.21 Å². The number of nitrogens with one attached hydrogen (secondary N) is 1. The first-order valence-corrected chi connectivity index (χ1v) is 7.01. The predicted molar refractivity (Wildman–Crippen MR) is 87.2 cm³/mol. The molecule has 0 fully saturated rings. The summed E-state index contributed by atoms with van der Waals surface area (Å²) in [5, 5.41) is 13.6. The Morgan fingerprint density at radius 1 is 1.22 bits per heavy atom. The summed E-state index contributed by atoms with van der Waals surface area (Å²) in [5.41, 5.74) is 5.26. The minimum absolute atomic E-state index is 0.253. The summed E-state index contributed by atoms with van der Waals surface area (Å²) < 4.78 is 5.57. The van der Waals surface area contributed by atoms with Crippen molar-refractivity contribution in [3.8, 4) is 6.07 Å². The first-order chi connectivity index (χ1) is 11.2. The van der Waals surface area contributed by atoms with E-state index in [4.69, 9.17) is 9.68 Å². The van der Waals surface area contributed by atoms with Crippen LogP contribution in [0.1, 0.15) is 27.2 Å². The number of furan rings is 1. The molecule has 3 aromatic rings. The van der Waals surface area contributed by atoms with Gasteiger partial charge in [-0.25, -0.2) is 5.43 Å². The van der Waals surface area contributed by atoms with E-state index in [1.807, 2.05) is 37.3 Å². The highest BCUT2D eigenvalue weighted by Gasteiger charge is 2.16. The highest BCUT2D eigenvalue weighted by Crippen LogP contribution is 2.24. The van der Waals surface area contributed by atoms with Crippen LogP contribution in [0.25, 0.3) is 11.0 Å². The van der Waals surface area contributed by atoms with E-state index >= 15 is 0 Å². The number of carbonyl (C=O) groups excluding carboxylic acids is 1. The number of para-hydroxylation sites is 1. The second-order valence-corrected chi connectivity index (χ2v) is 4.99. The van der Waals surface area contributed by atoms with Gasteiger partial charge in [-0.05, 0) is 30.7 Å². The minimum atomic E-state index is -0.399. The third-order valence-electron chi connectivity index (χ3n) is 3.47. The van der Waals surface area contributed by atoms with E-state index in [-0.39, 0.29) is 5.76 Å². The molecule has 0 spiro atoms. The lowest BCUT2D eigenvalue weighted by Gasteiger charge is -1.97. The molecule has 1 amide bonds. The van der Waals surface area contributed by atoms with Gasteiger partial charge in [0.25, 0.3) is 0 Å². The number of fused-ring (bicyclic) bond motifs is 1. The second-order valence-electron chi connectivity index (χ2n) is 4.99. The molecular formula is C18H13N3O2. The molecule has 3 rings (SSSR count). The third-order valence-corrected chi connectivity index (χ3v) is 3.47. The van der Waals surface area contributed by atoms with E-state index in [2.05, 4.69) is 10.5 Å². The Morgan fingerprint density at radius 3 is 2.65 bits per heavy atom. The van der Waals surface area contributed by atoms with Gasteiger partial charge in [0.2, 0.25) is 0 Å². The monoisotopic (exact) mass is 303 g/mol. The van der Waals surface area contributed by atoms with Crippen LogP contribution in [0.3, 0.4) is 0 Å². The zero-order chi connectivity index (χ0) is 16.2. The van der Waals surface area contributed by atoms with Crippen molar-refractivity contribution in [2.24, 2.45) is 5.10 Å². The fraction of sp³-hybridized carbons (Fsp3) is 0.0556. The lowest BCUT2D eigenvalue weighted by molar-refractivity contribution is 0.0929. The molecule has 5 heteroatoms. The van der Waals surface area contributed by atoms with Crippen LogP contribution >= 0.6 is 0 Å². The minimum Gasteiger partial charge on any atom is -0.451 e. The van der Waals surface area contributed by atoms with Gasteiger partial charge in [-0.2, -0.15) is 10.4 Å². The molecule has 1 N–H and O–H groups in total. The van der Waals surface area contributed by atoms with Gasteiger partial charge >= 0.3 is 5.91 Å². The number of aryl methyl sites for hydroxylation is 1. The molecule has 1 heterocycles. The van der Waals surface area contributed by atoms with Crippen molar-refractivity contribution in [1.29, 1.82) is 5.26 Å². The number of carbonyl (C=O) groups is 1. The van der Waals surface area contributed by atoms with Gasteiger partial charge < -0.3 is 4.42 Å². The number of hydrogen-bond donors (Lipinski definition) is 1. The van der Waals surface area contributed by atoms with E-state index in [0.717, 1.165) is 16.5 Å². The molecule has 0 radical (unpaired) electrons. The van der Waals surface area contributed by atoms with Gasteiger partial charge in [0.1, 0.15) is 5.58 Å². The van der Waals surface area contributed by atoms with Crippen LogP contribution in [-0.2, 0) is 0 Å². The Bertz CT molecular complexity index is 931. The lowest BCUT2D eigenvalue weighted by Crippen LogP contribution is -2.17. The first-order valence-electron chi connectivity index (χ1n) is 7.01. The van der Waals surface area contributed by atoms with Crippen LogP contribution in [0.15, 0.2) is 58.0 Å². The summed E-state index contributed by atoms with van der Waals surface area (Å²) in [6.07, 6.45) is 1.51. The van der Waals surface area contributed by atoms with E-state index in [1.165, 1.54) is 6.21 Å². The molecule has 0 aliphatic carbocycles. The summed E-state index contributed by atoms with van der Waals surface area (Å²) in [5.74, 6) is -0.147. The Labute approximate surface area is 132 Å². The largest absolute Gasteiger partial charge is 0.451 e. The first kappa shape index (κ1) is 14.5. The fourth-order valence-electron chi connectivity index (χ4n) is 2.25. The summed E-state index contributed by atoms with van der Waals surface area (Å²) in [6.45, 7) is 1.84. The molecule has 0 unspecified atom stereocenters. The number of rotatable bonds is 3. The van der Waals surface area contributed by atoms with Gasteiger partial charge in [0, 0.05) is 10.9 Å². The number of nitriles is 1. The smallest absolute Gasteiger partial charge is 0.307 e. The van der Waals surface area contributed by atoms with E-state index < -0.39 is 5.91 Å². The van der Waals surface area contributed by atoms with Crippen LogP contribution in [0.4, 0.5) is 0 Å². The molecule has 0 atom stereocenters. The molecule has 0 saturated carbocycles. The van der Waals surface area contributed by atoms with Crippen LogP contribution < -0.4 is 5.43 Å². The van der Waals surface area contributed by atoms with E-state index in [1.54, 1.807) is 24.3 Å². The SMILES string of the molecule is Cc1c(C(=O)N/N=C\c2ccc(C#N)cc2)oc2ccccc12. The average molecular weight is 303 g/mol. The normalized spacial score (nSPS) is 10.8. The maximum atomic E-state index is 12.2. The van der Waals surface area contributed by atoms with Crippen LogP contribution in [0, 0.1) is 18.3 Å². The van der Waals surface area contributed by atoms with Crippen LogP contribution in [-0.4, -0.2) is 12.1 Å². The quantitative estimate of drug-likeness (QED) is 0.595. The number of benzene rings is 2. The summed E-state index contributed by atoms with van der Waals surface area (Å²) in [6, 6.07) is 16.4. The maximum Gasteiger partial charge on any atom is 0.307 e. The third kappa shape index (κ3) is 2.97. The predicted octanol–water partition coefficient (Wildman–Crippen LogP) is 3.38. The van der Waals surface area contributed by atoms with Gasteiger partial charge in [0.05, 0.1) is 17.8 Å². The van der Waals surface area contributed by atoms with Gasteiger partial charge in [0.15, 0.2) is 5.76 Å². The molecular weight excluding hydrogens is 290 g/mol. The molecule has 0 bridgehead atoms. The topological polar surface area (TPSA) is 78.4 Å². The van der Waals surface area contributed by atoms with Crippen molar-refractivity contribution in [1.82, 2.24) is 5.43 Å². The zero-order valence-corrected chi connectivity index (χ0v) is 12.4.